The van der Waals surface area contributed by atoms with Crippen LogP contribution >= 0.6 is 0 Å². The standard InChI is InChI=1S/C34H41N9O6S/c1-6-43-27-12-11-26(21(3)30(27)41-42-43)29(34(4,5)32(47)39-24-16-36-33(37-17-24)40-25(18-44)19-45)22-10-9-20(2)23(14-22)15-38-50(48,49)28-8-7-13-35-31(28)46/h7-14,16-17,25,29,38,44-45H,6,15,18-19H2,1-5H3,(H,35,46)(H,39,47)(H,36,37,40)/t29-/m0/s1. The summed E-state index contributed by atoms with van der Waals surface area (Å²) in [7, 11) is -4.13. The average molecular weight is 704 g/mol. The number of carbonyl (C=O) groups is 1. The minimum Gasteiger partial charge on any atom is -0.394 e. The van der Waals surface area contributed by atoms with Crippen molar-refractivity contribution in [3.8, 4) is 0 Å². The lowest BCUT2D eigenvalue weighted by atomic mass is 9.69. The highest BCUT2D eigenvalue weighted by atomic mass is 32.2. The van der Waals surface area contributed by atoms with Crippen molar-refractivity contribution >= 4 is 38.6 Å². The zero-order chi connectivity index (χ0) is 36.2. The second-order valence-corrected chi connectivity index (χ2v) is 14.3. The van der Waals surface area contributed by atoms with Gasteiger partial charge < -0.3 is 25.8 Å². The number of aromatic nitrogens is 6. The van der Waals surface area contributed by atoms with Gasteiger partial charge in [0.2, 0.25) is 21.9 Å². The molecule has 3 heterocycles. The Kier molecular flexibility index (Phi) is 10.8. The number of fused-ring (bicyclic) bond motifs is 1. The number of sulfonamides is 1. The Labute approximate surface area is 289 Å². The first-order valence-electron chi connectivity index (χ1n) is 16.0. The Bertz CT molecular complexity index is 2160. The van der Waals surface area contributed by atoms with Crippen LogP contribution in [-0.2, 0) is 27.9 Å². The molecular formula is C34H41N9O6S. The number of nitrogens with zero attached hydrogens (tertiary/aromatic N) is 5. The van der Waals surface area contributed by atoms with Crippen LogP contribution in [0.3, 0.4) is 0 Å². The number of aryl methyl sites for hydroxylation is 3. The van der Waals surface area contributed by atoms with E-state index in [9.17, 15) is 28.2 Å². The van der Waals surface area contributed by atoms with Crippen LogP contribution < -0.4 is 20.9 Å². The molecule has 1 amide bonds. The van der Waals surface area contributed by atoms with Gasteiger partial charge in [0, 0.05) is 25.2 Å². The SMILES string of the molecule is CCn1nnc2c(C)c([C@H](c3ccc(C)c(CNS(=O)(=O)c4ccc[nH]c4=O)c3)C(C)(C)C(=O)Nc3cnc(NC(CO)CO)nc3)ccc21. The fourth-order valence-corrected chi connectivity index (χ4v) is 6.93. The Hall–Kier alpha value is -5.03. The van der Waals surface area contributed by atoms with E-state index in [0.717, 1.165) is 27.8 Å². The van der Waals surface area contributed by atoms with Crippen LogP contribution in [0.1, 0.15) is 54.5 Å². The van der Waals surface area contributed by atoms with Crippen LogP contribution in [0.5, 0.6) is 0 Å². The molecule has 2 aromatic carbocycles. The monoisotopic (exact) mass is 703 g/mol. The first kappa shape index (κ1) is 36.3. The predicted octanol–water partition coefficient (Wildman–Crippen LogP) is 2.59. The maximum atomic E-state index is 14.2. The van der Waals surface area contributed by atoms with Crippen LogP contribution in [0, 0.1) is 19.3 Å². The average Bonchev–Trinajstić information content (AvgIpc) is 3.53. The molecule has 0 aliphatic heterocycles. The molecule has 0 unspecified atom stereocenters. The molecule has 0 aliphatic carbocycles. The smallest absolute Gasteiger partial charge is 0.268 e. The van der Waals surface area contributed by atoms with Crippen molar-refractivity contribution in [1.82, 2.24) is 34.7 Å². The van der Waals surface area contributed by atoms with Gasteiger partial charge in [0.05, 0.1) is 48.3 Å². The highest BCUT2D eigenvalue weighted by Crippen LogP contribution is 2.44. The molecule has 0 saturated carbocycles. The largest absolute Gasteiger partial charge is 0.394 e. The Balaban J connectivity index is 1.53. The zero-order valence-corrected chi connectivity index (χ0v) is 29.2. The number of aromatic amines is 1. The number of benzene rings is 2. The summed E-state index contributed by atoms with van der Waals surface area (Å²) < 4.78 is 30.5. The molecule has 6 N–H and O–H groups in total. The molecule has 1 atom stereocenters. The molecule has 0 radical (unpaired) electrons. The summed E-state index contributed by atoms with van der Waals surface area (Å²) in [5, 5.41) is 33.2. The maximum Gasteiger partial charge on any atom is 0.268 e. The second kappa shape index (κ2) is 14.8. The third-order valence-corrected chi connectivity index (χ3v) is 10.2. The van der Waals surface area contributed by atoms with Crippen molar-refractivity contribution < 1.29 is 23.4 Å². The molecule has 50 heavy (non-hydrogen) atoms. The minimum absolute atomic E-state index is 0.0936. The topological polar surface area (TPSA) is 217 Å². The van der Waals surface area contributed by atoms with Crippen molar-refractivity contribution in [2.75, 3.05) is 23.8 Å². The molecule has 264 valence electrons. The van der Waals surface area contributed by atoms with E-state index in [1.807, 2.05) is 65.0 Å². The van der Waals surface area contributed by atoms with Crippen molar-refractivity contribution in [3.63, 3.8) is 0 Å². The molecule has 3 aromatic heterocycles. The van der Waals surface area contributed by atoms with Gasteiger partial charge in [-0.3, -0.25) is 9.59 Å². The number of amides is 1. The van der Waals surface area contributed by atoms with Gasteiger partial charge in [-0.15, -0.1) is 5.10 Å². The summed E-state index contributed by atoms with van der Waals surface area (Å²) in [6.45, 7) is 9.35. The number of hydrogen-bond donors (Lipinski definition) is 6. The van der Waals surface area contributed by atoms with Gasteiger partial charge in [-0.2, -0.15) is 0 Å². The van der Waals surface area contributed by atoms with Crippen LogP contribution in [-0.4, -0.2) is 73.7 Å². The first-order valence-corrected chi connectivity index (χ1v) is 17.5. The van der Waals surface area contributed by atoms with E-state index in [1.165, 1.54) is 30.7 Å². The molecule has 0 fully saturated rings. The summed E-state index contributed by atoms with van der Waals surface area (Å²) in [4.78, 5) is 36.8. The summed E-state index contributed by atoms with van der Waals surface area (Å²) in [5.41, 5.74) is 3.98. The predicted molar refractivity (Wildman–Crippen MR) is 188 cm³/mol. The van der Waals surface area contributed by atoms with Crippen molar-refractivity contribution in [2.24, 2.45) is 5.41 Å². The van der Waals surface area contributed by atoms with E-state index in [0.29, 0.717) is 23.3 Å². The lowest BCUT2D eigenvalue weighted by Gasteiger charge is -2.35. The third kappa shape index (κ3) is 7.42. The summed E-state index contributed by atoms with van der Waals surface area (Å²) in [6.07, 6.45) is 4.22. The number of aliphatic hydroxyl groups is 2. The quantitative estimate of drug-likeness (QED) is 0.0988. The highest BCUT2D eigenvalue weighted by molar-refractivity contribution is 7.89. The van der Waals surface area contributed by atoms with E-state index in [1.54, 1.807) is 4.68 Å². The summed E-state index contributed by atoms with van der Waals surface area (Å²) >= 11 is 0. The highest BCUT2D eigenvalue weighted by Gasteiger charge is 2.40. The number of rotatable bonds is 14. The summed E-state index contributed by atoms with van der Waals surface area (Å²) in [5.74, 6) is -0.710. The van der Waals surface area contributed by atoms with Crippen LogP contribution in [0.4, 0.5) is 11.6 Å². The van der Waals surface area contributed by atoms with Gasteiger partial charge in [0.1, 0.15) is 10.4 Å². The Morgan fingerprint density at radius 3 is 2.44 bits per heavy atom. The third-order valence-electron chi connectivity index (χ3n) is 8.81. The van der Waals surface area contributed by atoms with Crippen molar-refractivity contribution in [1.29, 1.82) is 0 Å². The minimum atomic E-state index is -4.13. The van der Waals surface area contributed by atoms with Crippen molar-refractivity contribution in [3.05, 3.63) is 99.2 Å². The second-order valence-electron chi connectivity index (χ2n) is 12.5. The number of aliphatic hydroxyl groups excluding tert-OH is 2. The summed E-state index contributed by atoms with van der Waals surface area (Å²) in [6, 6.07) is 11.6. The van der Waals surface area contributed by atoms with Crippen LogP contribution in [0.2, 0.25) is 0 Å². The van der Waals surface area contributed by atoms with E-state index in [2.05, 4.69) is 40.6 Å². The Morgan fingerprint density at radius 1 is 1.06 bits per heavy atom. The number of hydrogen-bond acceptors (Lipinski definition) is 11. The molecule has 5 aromatic rings. The van der Waals surface area contributed by atoms with E-state index in [4.69, 9.17) is 0 Å². The molecule has 15 nitrogen and oxygen atoms in total. The van der Waals surface area contributed by atoms with E-state index in [-0.39, 0.29) is 36.5 Å². The number of H-pyrrole nitrogens is 1. The number of carbonyl (C=O) groups excluding carboxylic acids is 1. The van der Waals surface area contributed by atoms with Gasteiger partial charge >= 0.3 is 0 Å². The molecule has 0 spiro atoms. The number of nitrogens with one attached hydrogen (secondary N) is 4. The lowest BCUT2D eigenvalue weighted by Crippen LogP contribution is -2.37. The van der Waals surface area contributed by atoms with Gasteiger partial charge in [-0.05, 0) is 66.8 Å². The van der Waals surface area contributed by atoms with Gasteiger partial charge in [0.15, 0.2) is 0 Å². The van der Waals surface area contributed by atoms with E-state index >= 15 is 0 Å². The number of pyridine rings is 1. The first-order chi connectivity index (χ1) is 23.8. The van der Waals surface area contributed by atoms with Gasteiger partial charge in [-0.25, -0.2) is 27.8 Å². The fourth-order valence-electron chi connectivity index (χ4n) is 5.87. The molecule has 0 saturated heterocycles. The van der Waals surface area contributed by atoms with Gasteiger partial charge in [-0.1, -0.05) is 43.3 Å². The fraction of sp³-hybridized carbons (Fsp3) is 0.353. The van der Waals surface area contributed by atoms with Gasteiger partial charge in [0.25, 0.3) is 5.56 Å². The molecule has 16 heteroatoms. The Morgan fingerprint density at radius 2 is 1.78 bits per heavy atom. The molecule has 5 rings (SSSR count). The molecular weight excluding hydrogens is 662 g/mol. The van der Waals surface area contributed by atoms with Crippen LogP contribution in [0.25, 0.3) is 11.0 Å². The zero-order valence-electron chi connectivity index (χ0n) is 28.4. The molecule has 0 bridgehead atoms. The molecule has 0 aliphatic rings. The maximum absolute atomic E-state index is 14.2. The van der Waals surface area contributed by atoms with Crippen LogP contribution in [0.15, 0.2) is 70.7 Å². The van der Waals surface area contributed by atoms with Crippen molar-refractivity contribution in [2.45, 2.75) is 64.6 Å². The van der Waals surface area contributed by atoms with E-state index < -0.39 is 33.0 Å². The normalized spacial score (nSPS) is 12.7. The number of anilines is 2. The lowest BCUT2D eigenvalue weighted by molar-refractivity contribution is -0.124.